The largest absolute Gasteiger partial charge is 0.301 e. The van der Waals surface area contributed by atoms with Crippen molar-refractivity contribution in [2.24, 2.45) is 24.3 Å². The molecule has 0 aliphatic heterocycles. The quantitative estimate of drug-likeness (QED) is 0.752. The maximum absolute atomic E-state index is 8.95. The first-order valence-corrected chi connectivity index (χ1v) is 5.72. The van der Waals surface area contributed by atoms with Crippen molar-refractivity contribution in [2.75, 3.05) is 0 Å². The Balaban J connectivity index is 2.48. The first kappa shape index (κ1) is 14.4. The van der Waals surface area contributed by atoms with Crippen LogP contribution in [0.5, 0.6) is 0 Å². The van der Waals surface area contributed by atoms with Crippen LogP contribution in [0, 0.1) is 45.3 Å². The minimum atomic E-state index is -0.0609. The normalized spacial score (nSPS) is 9.91. The van der Waals surface area contributed by atoms with Crippen LogP contribution in [0.1, 0.15) is 22.8 Å². The van der Waals surface area contributed by atoms with E-state index in [0.29, 0.717) is 0 Å². The monoisotopic (exact) mass is 290 g/mol. The molecule has 0 radical (unpaired) electrons. The molecule has 22 heavy (non-hydrogen) atoms. The van der Waals surface area contributed by atoms with E-state index in [4.69, 9.17) is 21.0 Å². The van der Waals surface area contributed by atoms with E-state index in [0.717, 1.165) is 0 Å². The Hall–Kier alpha value is -4.02. The van der Waals surface area contributed by atoms with Crippen LogP contribution in [0.4, 0.5) is 11.9 Å². The lowest BCUT2D eigenvalue weighted by Crippen LogP contribution is -1.92. The smallest absolute Gasteiger partial charge is 0.251 e. The summed E-state index contributed by atoms with van der Waals surface area (Å²) in [7, 11) is 3.03. The number of nitrogens with zero attached hydrogens (tertiary/aromatic N) is 10. The average molecular weight is 290 g/mol. The van der Waals surface area contributed by atoms with Gasteiger partial charge in [-0.05, 0) is 0 Å². The van der Waals surface area contributed by atoms with Crippen molar-refractivity contribution < 1.29 is 0 Å². The fourth-order valence-corrected chi connectivity index (χ4v) is 1.65. The van der Waals surface area contributed by atoms with Crippen molar-refractivity contribution in [1.29, 1.82) is 21.0 Å². The summed E-state index contributed by atoms with van der Waals surface area (Å²) in [6.07, 6.45) is 0. The van der Waals surface area contributed by atoms with Crippen molar-refractivity contribution in [3.05, 3.63) is 22.8 Å². The minimum Gasteiger partial charge on any atom is -0.301 e. The Morgan fingerprint density at radius 2 is 1.09 bits per heavy atom. The Kier molecular flexibility index (Phi) is 3.62. The van der Waals surface area contributed by atoms with Crippen LogP contribution in [0.2, 0.25) is 0 Å². The molecule has 0 saturated carbocycles. The molecule has 0 N–H and O–H groups in total. The second kappa shape index (κ2) is 5.54. The SMILES string of the molecule is Cn1c(/N=N/c2nc(C#N)c(C#N)n2C)nc(C#N)c1C#N. The summed E-state index contributed by atoms with van der Waals surface area (Å²) in [5.74, 6) is 0.0706. The summed E-state index contributed by atoms with van der Waals surface area (Å²) < 4.78 is 2.61. The maximum atomic E-state index is 8.95. The second-order valence-electron chi connectivity index (χ2n) is 3.98. The Labute approximate surface area is 124 Å². The van der Waals surface area contributed by atoms with E-state index in [1.54, 1.807) is 12.1 Å². The maximum Gasteiger partial charge on any atom is 0.251 e. The van der Waals surface area contributed by atoms with E-state index < -0.39 is 0 Å². The van der Waals surface area contributed by atoms with Crippen LogP contribution in [-0.4, -0.2) is 19.1 Å². The first-order valence-electron chi connectivity index (χ1n) is 5.72. The third-order valence-electron chi connectivity index (χ3n) is 2.80. The van der Waals surface area contributed by atoms with Gasteiger partial charge in [0.1, 0.15) is 24.3 Å². The molecule has 0 amide bonds. The van der Waals surface area contributed by atoms with Crippen molar-refractivity contribution in [3.63, 3.8) is 0 Å². The summed E-state index contributed by atoms with van der Waals surface area (Å²) in [4.78, 5) is 7.73. The van der Waals surface area contributed by atoms with Crippen molar-refractivity contribution in [3.8, 4) is 24.3 Å². The molecule has 0 aliphatic carbocycles. The molecule has 0 atom stereocenters. The van der Waals surface area contributed by atoms with E-state index in [9.17, 15) is 0 Å². The van der Waals surface area contributed by atoms with Gasteiger partial charge in [-0.3, -0.25) is 0 Å². The molecule has 10 heteroatoms. The van der Waals surface area contributed by atoms with Crippen LogP contribution in [0.15, 0.2) is 10.2 Å². The zero-order chi connectivity index (χ0) is 16.3. The highest BCUT2D eigenvalue weighted by molar-refractivity contribution is 5.44. The molecule has 2 rings (SSSR count). The van der Waals surface area contributed by atoms with Gasteiger partial charge in [0.25, 0.3) is 11.9 Å². The molecule has 0 fully saturated rings. The molecular weight excluding hydrogens is 284 g/mol. The van der Waals surface area contributed by atoms with E-state index >= 15 is 0 Å². The number of hydrogen-bond donors (Lipinski definition) is 0. The number of azo groups is 1. The van der Waals surface area contributed by atoms with Gasteiger partial charge in [0.2, 0.25) is 0 Å². The molecule has 0 saturated heterocycles. The fraction of sp³-hybridized carbons (Fsp3) is 0.167. The Morgan fingerprint density at radius 1 is 0.727 bits per heavy atom. The molecule has 2 heterocycles. The van der Waals surface area contributed by atoms with Gasteiger partial charge in [0, 0.05) is 14.1 Å². The summed E-state index contributed by atoms with van der Waals surface area (Å²) in [5.41, 5.74) is 0.00173. The van der Waals surface area contributed by atoms with Crippen LogP contribution in [0.25, 0.3) is 0 Å². The number of nitriles is 4. The number of aromatic nitrogens is 4. The molecule has 0 unspecified atom stereocenters. The molecule has 104 valence electrons. The lowest BCUT2D eigenvalue weighted by Gasteiger charge is -1.95. The standard InChI is InChI=1S/C12H6N10/c1-21-9(5-15)7(3-13)17-11(21)19-20-12-18-8(4-14)10(6-16)22(12)2/h1-2H3/b20-19+. The van der Waals surface area contributed by atoms with Crippen molar-refractivity contribution in [1.82, 2.24) is 19.1 Å². The highest BCUT2D eigenvalue weighted by Gasteiger charge is 2.16. The highest BCUT2D eigenvalue weighted by Crippen LogP contribution is 2.20. The van der Waals surface area contributed by atoms with E-state index in [-0.39, 0.29) is 34.7 Å². The predicted molar refractivity (Wildman–Crippen MR) is 69.5 cm³/mol. The molecule has 10 nitrogen and oxygen atoms in total. The zero-order valence-electron chi connectivity index (χ0n) is 11.5. The summed E-state index contributed by atoms with van der Waals surface area (Å²) in [6, 6.07) is 7.26. The number of imidazole rings is 2. The van der Waals surface area contributed by atoms with Crippen LogP contribution >= 0.6 is 0 Å². The highest BCUT2D eigenvalue weighted by atomic mass is 15.3. The average Bonchev–Trinajstić information content (AvgIpc) is 3.01. The number of hydrogen-bond acceptors (Lipinski definition) is 8. The molecule has 2 aromatic heterocycles. The van der Waals surface area contributed by atoms with Gasteiger partial charge in [-0.15, -0.1) is 10.2 Å². The first-order chi connectivity index (χ1) is 10.6. The predicted octanol–water partition coefficient (Wildman–Crippen LogP) is 1.06. The van der Waals surface area contributed by atoms with Gasteiger partial charge in [-0.1, -0.05) is 0 Å². The molecule has 0 bridgehead atoms. The van der Waals surface area contributed by atoms with Gasteiger partial charge in [0.15, 0.2) is 22.8 Å². The zero-order valence-corrected chi connectivity index (χ0v) is 11.5. The summed E-state index contributed by atoms with van der Waals surface area (Å²) >= 11 is 0. The third-order valence-corrected chi connectivity index (χ3v) is 2.80. The fourth-order valence-electron chi connectivity index (χ4n) is 1.65. The van der Waals surface area contributed by atoms with Gasteiger partial charge >= 0.3 is 0 Å². The van der Waals surface area contributed by atoms with Gasteiger partial charge in [-0.2, -0.15) is 31.0 Å². The topological polar surface area (TPSA) is 156 Å². The van der Waals surface area contributed by atoms with Gasteiger partial charge in [0.05, 0.1) is 0 Å². The summed E-state index contributed by atoms with van der Waals surface area (Å²) in [5, 5.41) is 43.3. The van der Waals surface area contributed by atoms with Crippen LogP contribution < -0.4 is 0 Å². The lowest BCUT2D eigenvalue weighted by molar-refractivity contribution is 0.849. The molecule has 0 spiro atoms. The van der Waals surface area contributed by atoms with E-state index in [1.165, 1.54) is 23.2 Å². The minimum absolute atomic E-state index is 0.0353. The van der Waals surface area contributed by atoms with Crippen molar-refractivity contribution in [2.45, 2.75) is 0 Å². The summed E-state index contributed by atoms with van der Waals surface area (Å²) in [6.45, 7) is 0. The van der Waals surface area contributed by atoms with Crippen LogP contribution in [0.3, 0.4) is 0 Å². The third kappa shape index (κ3) is 2.14. The van der Waals surface area contributed by atoms with E-state index in [2.05, 4.69) is 20.2 Å². The van der Waals surface area contributed by atoms with Crippen molar-refractivity contribution >= 4 is 11.9 Å². The van der Waals surface area contributed by atoms with Crippen LogP contribution in [-0.2, 0) is 14.1 Å². The van der Waals surface area contributed by atoms with E-state index in [1.807, 2.05) is 12.1 Å². The Morgan fingerprint density at radius 3 is 1.32 bits per heavy atom. The Bertz CT molecular complexity index is 866. The molecule has 0 aliphatic rings. The molecule has 0 aromatic carbocycles. The second-order valence-corrected chi connectivity index (χ2v) is 3.98. The van der Waals surface area contributed by atoms with Gasteiger partial charge in [-0.25, -0.2) is 0 Å². The molecule has 2 aromatic rings. The number of rotatable bonds is 2. The van der Waals surface area contributed by atoms with Gasteiger partial charge < -0.3 is 9.13 Å². The molecular formula is C12H6N10. The lowest BCUT2D eigenvalue weighted by atomic mass is 10.4.